The molecule has 0 fully saturated rings. The molecule has 6 nitrogen and oxygen atoms in total. The number of nitrogens with one attached hydrogen (secondary N) is 2. The van der Waals surface area contributed by atoms with E-state index < -0.39 is 16.1 Å². The van der Waals surface area contributed by atoms with Crippen LogP contribution in [0.2, 0.25) is 5.02 Å². The summed E-state index contributed by atoms with van der Waals surface area (Å²) in [5.41, 5.74) is 3.04. The number of hydrogen-bond donors (Lipinski definition) is 2. The molecule has 2 N–H and O–H groups in total. The second-order valence-electron chi connectivity index (χ2n) is 7.14. The first-order valence-electron chi connectivity index (χ1n) is 9.57. The second kappa shape index (κ2) is 9.41. The lowest BCUT2D eigenvalue weighted by Crippen LogP contribution is -2.30. The lowest BCUT2D eigenvalue weighted by Gasteiger charge is -2.16. The highest BCUT2D eigenvalue weighted by Crippen LogP contribution is 2.21. The molecule has 0 unspecified atom stereocenters. The van der Waals surface area contributed by atoms with Gasteiger partial charge in [-0.05, 0) is 86.5 Å². The van der Waals surface area contributed by atoms with Gasteiger partial charge in [-0.1, -0.05) is 23.7 Å². The summed E-state index contributed by atoms with van der Waals surface area (Å²) < 4.78 is 33.3. The van der Waals surface area contributed by atoms with Crippen molar-refractivity contribution in [2.24, 2.45) is 0 Å². The van der Waals surface area contributed by atoms with E-state index in [-0.39, 0.29) is 10.8 Å². The number of aryl methyl sites for hydroxylation is 2. The predicted octanol–water partition coefficient (Wildman–Crippen LogP) is 5.16. The molecule has 0 heterocycles. The molecule has 8 heteroatoms. The first-order valence-corrected chi connectivity index (χ1v) is 11.4. The van der Waals surface area contributed by atoms with Gasteiger partial charge in [0.25, 0.3) is 15.9 Å². The number of carbonyl (C=O) groups is 1. The number of halogens is 1. The molecule has 162 valence electrons. The van der Waals surface area contributed by atoms with Crippen LogP contribution in [0.1, 0.15) is 18.1 Å². The number of sulfonamides is 1. The summed E-state index contributed by atoms with van der Waals surface area (Å²) in [6, 6.07) is 17.9. The van der Waals surface area contributed by atoms with Crippen molar-refractivity contribution in [3.8, 4) is 5.75 Å². The minimum Gasteiger partial charge on any atom is -0.481 e. The van der Waals surface area contributed by atoms with Gasteiger partial charge >= 0.3 is 0 Å². The van der Waals surface area contributed by atoms with E-state index in [1.165, 1.54) is 30.3 Å². The van der Waals surface area contributed by atoms with Crippen molar-refractivity contribution in [3.63, 3.8) is 0 Å². The average Bonchev–Trinajstić information content (AvgIpc) is 2.71. The number of ether oxygens (including phenoxy) is 1. The van der Waals surface area contributed by atoms with Gasteiger partial charge < -0.3 is 10.1 Å². The fourth-order valence-corrected chi connectivity index (χ4v) is 4.01. The fourth-order valence-electron chi connectivity index (χ4n) is 2.77. The third-order valence-electron chi connectivity index (χ3n) is 4.67. The molecule has 1 atom stereocenters. The monoisotopic (exact) mass is 458 g/mol. The first kappa shape index (κ1) is 22.7. The molecule has 3 aromatic rings. The van der Waals surface area contributed by atoms with E-state index in [1.54, 1.807) is 25.1 Å². The number of rotatable bonds is 7. The van der Waals surface area contributed by atoms with Gasteiger partial charge in [0, 0.05) is 10.7 Å². The van der Waals surface area contributed by atoms with E-state index >= 15 is 0 Å². The minimum atomic E-state index is -3.79. The molecule has 31 heavy (non-hydrogen) atoms. The molecular formula is C23H23ClN2O4S. The van der Waals surface area contributed by atoms with Crippen molar-refractivity contribution in [1.82, 2.24) is 0 Å². The molecule has 0 spiro atoms. The maximum Gasteiger partial charge on any atom is 0.265 e. The number of anilines is 2. The van der Waals surface area contributed by atoms with E-state index in [0.29, 0.717) is 22.1 Å². The molecule has 0 saturated carbocycles. The molecule has 0 aliphatic heterocycles. The van der Waals surface area contributed by atoms with Crippen LogP contribution in [0.15, 0.2) is 71.6 Å². The predicted molar refractivity (Wildman–Crippen MR) is 123 cm³/mol. The van der Waals surface area contributed by atoms with Crippen LogP contribution >= 0.6 is 11.6 Å². The molecular weight excluding hydrogens is 436 g/mol. The average molecular weight is 459 g/mol. The Morgan fingerprint density at radius 3 is 2.29 bits per heavy atom. The summed E-state index contributed by atoms with van der Waals surface area (Å²) in [5, 5.41) is 3.15. The van der Waals surface area contributed by atoms with E-state index in [9.17, 15) is 13.2 Å². The standard InChI is InChI=1S/C23H23ClN2O4S/c1-15-7-10-21(13-16(15)2)30-17(3)23(27)25-19-8-11-22(12-9-19)31(28,29)26-20-6-4-5-18(24)14-20/h4-14,17,26H,1-3H3,(H,25,27)/t17-/m1/s1. The Morgan fingerprint density at radius 1 is 0.935 bits per heavy atom. The van der Waals surface area contributed by atoms with Crippen molar-refractivity contribution in [1.29, 1.82) is 0 Å². The highest BCUT2D eigenvalue weighted by molar-refractivity contribution is 7.92. The van der Waals surface area contributed by atoms with Crippen molar-refractivity contribution in [2.75, 3.05) is 10.0 Å². The zero-order valence-corrected chi connectivity index (χ0v) is 18.9. The lowest BCUT2D eigenvalue weighted by atomic mass is 10.1. The van der Waals surface area contributed by atoms with Crippen LogP contribution in [0.3, 0.4) is 0 Å². The SMILES string of the molecule is Cc1ccc(O[C@H](C)C(=O)Nc2ccc(S(=O)(=O)Nc3cccc(Cl)c3)cc2)cc1C. The van der Waals surface area contributed by atoms with Gasteiger partial charge in [0.2, 0.25) is 0 Å². The summed E-state index contributed by atoms with van der Waals surface area (Å²) in [4.78, 5) is 12.5. The zero-order valence-electron chi connectivity index (χ0n) is 17.3. The normalized spacial score (nSPS) is 12.1. The van der Waals surface area contributed by atoms with Crippen molar-refractivity contribution < 1.29 is 17.9 Å². The van der Waals surface area contributed by atoms with Crippen LogP contribution in [0.4, 0.5) is 11.4 Å². The summed E-state index contributed by atoms with van der Waals surface area (Å²) >= 11 is 5.89. The Labute approximate surface area is 187 Å². The number of benzene rings is 3. The van der Waals surface area contributed by atoms with Crippen LogP contribution < -0.4 is 14.8 Å². The Bertz CT molecular complexity index is 1190. The Kier molecular flexibility index (Phi) is 6.87. The molecule has 3 rings (SSSR count). The van der Waals surface area contributed by atoms with Gasteiger partial charge in [0.15, 0.2) is 6.10 Å². The van der Waals surface area contributed by atoms with Gasteiger partial charge in [-0.2, -0.15) is 0 Å². The van der Waals surface area contributed by atoms with E-state index in [2.05, 4.69) is 10.0 Å². The zero-order chi connectivity index (χ0) is 22.6. The molecule has 1 amide bonds. The van der Waals surface area contributed by atoms with Gasteiger partial charge in [-0.3, -0.25) is 9.52 Å². The molecule has 0 bridgehead atoms. The van der Waals surface area contributed by atoms with E-state index in [1.807, 2.05) is 32.0 Å². The molecule has 0 aliphatic rings. The topological polar surface area (TPSA) is 84.5 Å². The van der Waals surface area contributed by atoms with Crippen LogP contribution in [0.25, 0.3) is 0 Å². The van der Waals surface area contributed by atoms with E-state index in [0.717, 1.165) is 11.1 Å². The number of hydrogen-bond acceptors (Lipinski definition) is 4. The summed E-state index contributed by atoms with van der Waals surface area (Å²) in [6.07, 6.45) is -0.727. The Balaban J connectivity index is 1.63. The maximum atomic E-state index is 12.5. The summed E-state index contributed by atoms with van der Waals surface area (Å²) in [6.45, 7) is 5.63. The van der Waals surface area contributed by atoms with Gasteiger partial charge in [0.05, 0.1) is 10.6 Å². The summed E-state index contributed by atoms with van der Waals surface area (Å²) in [5.74, 6) is 0.269. The van der Waals surface area contributed by atoms with Crippen LogP contribution in [0, 0.1) is 13.8 Å². The first-order chi connectivity index (χ1) is 14.6. The molecule has 0 aliphatic carbocycles. The largest absolute Gasteiger partial charge is 0.481 e. The Hall–Kier alpha value is -3.03. The third-order valence-corrected chi connectivity index (χ3v) is 6.30. The highest BCUT2D eigenvalue weighted by atomic mass is 35.5. The van der Waals surface area contributed by atoms with Gasteiger partial charge in [0.1, 0.15) is 5.75 Å². The highest BCUT2D eigenvalue weighted by Gasteiger charge is 2.17. The van der Waals surface area contributed by atoms with Crippen molar-refractivity contribution in [2.45, 2.75) is 31.8 Å². The second-order valence-corrected chi connectivity index (χ2v) is 9.25. The quantitative estimate of drug-likeness (QED) is 0.512. The lowest BCUT2D eigenvalue weighted by molar-refractivity contribution is -0.122. The molecule has 0 saturated heterocycles. The van der Waals surface area contributed by atoms with Gasteiger partial charge in [-0.25, -0.2) is 8.42 Å². The minimum absolute atomic E-state index is 0.0601. The Morgan fingerprint density at radius 2 is 1.65 bits per heavy atom. The third kappa shape index (κ3) is 5.99. The molecule has 0 radical (unpaired) electrons. The van der Waals surface area contributed by atoms with Crippen LogP contribution in [-0.4, -0.2) is 20.4 Å². The van der Waals surface area contributed by atoms with E-state index in [4.69, 9.17) is 16.3 Å². The summed E-state index contributed by atoms with van der Waals surface area (Å²) in [7, 11) is -3.79. The van der Waals surface area contributed by atoms with Crippen molar-refractivity contribution >= 4 is 38.9 Å². The molecule has 0 aromatic heterocycles. The number of amides is 1. The van der Waals surface area contributed by atoms with Gasteiger partial charge in [-0.15, -0.1) is 0 Å². The smallest absolute Gasteiger partial charge is 0.265 e. The molecule has 3 aromatic carbocycles. The fraction of sp³-hybridized carbons (Fsp3) is 0.174. The van der Waals surface area contributed by atoms with Crippen LogP contribution in [-0.2, 0) is 14.8 Å². The maximum absolute atomic E-state index is 12.5. The van der Waals surface area contributed by atoms with Crippen molar-refractivity contribution in [3.05, 3.63) is 82.9 Å². The van der Waals surface area contributed by atoms with Crippen LogP contribution in [0.5, 0.6) is 5.75 Å². The number of carbonyl (C=O) groups excluding carboxylic acids is 1.